The van der Waals surface area contributed by atoms with Crippen LogP contribution in [0.25, 0.3) is 0 Å². The molecule has 134 valence electrons. The summed E-state index contributed by atoms with van der Waals surface area (Å²) in [6, 6.07) is 5.62. The Morgan fingerprint density at radius 1 is 1.52 bits per heavy atom. The average Bonchev–Trinajstić information content (AvgIpc) is 2.96. The number of carbonyl (C=O) groups excluding carboxylic acids is 1. The maximum absolute atomic E-state index is 12.4. The monoisotopic (exact) mass is 361 g/mol. The molecule has 1 aromatic heterocycles. The fourth-order valence-electron chi connectivity index (χ4n) is 3.03. The van der Waals surface area contributed by atoms with Crippen LogP contribution in [0, 0.1) is 0 Å². The molecule has 0 fully saturated rings. The van der Waals surface area contributed by atoms with Gasteiger partial charge in [-0.15, -0.1) is 11.3 Å². The molecule has 3 rings (SSSR count). The Bertz CT molecular complexity index is 773. The number of methoxy groups -OCH3 is 1. The summed E-state index contributed by atoms with van der Waals surface area (Å²) in [7, 11) is 1.63. The van der Waals surface area contributed by atoms with Gasteiger partial charge in [-0.1, -0.05) is 0 Å². The molecule has 0 bridgehead atoms. The highest BCUT2D eigenvalue weighted by Crippen LogP contribution is 2.41. The fourth-order valence-corrected chi connectivity index (χ4v) is 3.63. The number of nitrogen functional groups attached to an aromatic ring is 1. The first kappa shape index (κ1) is 17.5. The number of aryl methyl sites for hydroxylation is 1. The molecule has 0 saturated carbocycles. The van der Waals surface area contributed by atoms with Gasteiger partial charge in [-0.3, -0.25) is 4.79 Å². The van der Waals surface area contributed by atoms with Crippen molar-refractivity contribution in [3.8, 4) is 11.5 Å². The van der Waals surface area contributed by atoms with Crippen molar-refractivity contribution in [1.82, 2.24) is 10.3 Å². The highest BCUT2D eigenvalue weighted by Gasteiger charge is 2.34. The quantitative estimate of drug-likeness (QED) is 0.855. The van der Waals surface area contributed by atoms with Gasteiger partial charge in [0.05, 0.1) is 18.8 Å². The predicted octanol–water partition coefficient (Wildman–Crippen LogP) is 3.09. The third-order valence-corrected chi connectivity index (χ3v) is 4.91. The zero-order valence-corrected chi connectivity index (χ0v) is 15.5. The van der Waals surface area contributed by atoms with E-state index in [1.165, 1.54) is 11.3 Å². The number of rotatable bonds is 5. The molecule has 1 amide bonds. The summed E-state index contributed by atoms with van der Waals surface area (Å²) in [5.74, 6) is 1.49. The SMILES string of the molecule is COc1ccc2c(c1)OC(C)(C)C[C@@H]2NC(=O)CCc1csc(N)n1. The van der Waals surface area contributed by atoms with E-state index < -0.39 is 0 Å². The molecule has 0 unspecified atom stereocenters. The Kier molecular flexibility index (Phi) is 4.85. The van der Waals surface area contributed by atoms with Crippen LogP contribution in [0.5, 0.6) is 11.5 Å². The zero-order valence-electron chi connectivity index (χ0n) is 14.7. The molecule has 3 N–H and O–H groups in total. The summed E-state index contributed by atoms with van der Waals surface area (Å²) < 4.78 is 11.3. The summed E-state index contributed by atoms with van der Waals surface area (Å²) in [6.07, 6.45) is 1.68. The lowest BCUT2D eigenvalue weighted by atomic mass is 9.89. The zero-order chi connectivity index (χ0) is 18.0. The van der Waals surface area contributed by atoms with E-state index in [-0.39, 0.29) is 17.6 Å². The molecule has 25 heavy (non-hydrogen) atoms. The molecule has 0 radical (unpaired) electrons. The van der Waals surface area contributed by atoms with Crippen molar-refractivity contribution < 1.29 is 14.3 Å². The summed E-state index contributed by atoms with van der Waals surface area (Å²) in [5, 5.41) is 5.55. The number of fused-ring (bicyclic) bond motifs is 1. The number of aromatic nitrogens is 1. The van der Waals surface area contributed by atoms with Crippen molar-refractivity contribution in [3.63, 3.8) is 0 Å². The van der Waals surface area contributed by atoms with E-state index in [4.69, 9.17) is 15.2 Å². The van der Waals surface area contributed by atoms with Crippen LogP contribution in [0.3, 0.4) is 0 Å². The number of benzene rings is 1. The maximum Gasteiger partial charge on any atom is 0.220 e. The molecule has 7 heteroatoms. The average molecular weight is 361 g/mol. The molecule has 1 aliphatic heterocycles. The standard InChI is InChI=1S/C18H23N3O3S/c1-18(2)9-14(13-6-5-12(23-3)8-15(13)24-18)21-16(22)7-4-11-10-25-17(19)20-11/h5-6,8,10,14H,4,7,9H2,1-3H3,(H2,19,20)(H,21,22)/t14-/m0/s1. The van der Waals surface area contributed by atoms with Crippen molar-refractivity contribution in [2.75, 3.05) is 12.8 Å². The smallest absolute Gasteiger partial charge is 0.220 e. The van der Waals surface area contributed by atoms with Crippen molar-refractivity contribution >= 4 is 22.4 Å². The first-order valence-corrected chi connectivity index (χ1v) is 9.10. The minimum absolute atomic E-state index is 0.00367. The lowest BCUT2D eigenvalue weighted by Crippen LogP contribution is -2.41. The van der Waals surface area contributed by atoms with Gasteiger partial charge in [-0.25, -0.2) is 4.98 Å². The third-order valence-electron chi connectivity index (χ3n) is 4.19. The number of hydrogen-bond donors (Lipinski definition) is 2. The van der Waals surface area contributed by atoms with Crippen LogP contribution in [-0.2, 0) is 11.2 Å². The van der Waals surface area contributed by atoms with Gasteiger partial charge in [0, 0.05) is 29.9 Å². The van der Waals surface area contributed by atoms with Crippen LogP contribution in [0.15, 0.2) is 23.6 Å². The van der Waals surface area contributed by atoms with Crippen LogP contribution >= 0.6 is 11.3 Å². The summed E-state index contributed by atoms with van der Waals surface area (Å²) in [5.41, 5.74) is 7.10. The normalized spacial score (nSPS) is 18.1. The summed E-state index contributed by atoms with van der Waals surface area (Å²) in [6.45, 7) is 4.04. The van der Waals surface area contributed by atoms with Crippen molar-refractivity contribution in [1.29, 1.82) is 0 Å². The molecule has 0 spiro atoms. The van der Waals surface area contributed by atoms with Crippen LogP contribution in [0.1, 0.15) is 44.0 Å². The number of nitrogens with two attached hydrogens (primary N) is 1. The van der Waals surface area contributed by atoms with Gasteiger partial charge in [0.2, 0.25) is 5.91 Å². The Hall–Kier alpha value is -2.28. The van der Waals surface area contributed by atoms with Crippen molar-refractivity contribution in [3.05, 3.63) is 34.8 Å². The summed E-state index contributed by atoms with van der Waals surface area (Å²) in [4.78, 5) is 16.6. The maximum atomic E-state index is 12.4. The molecule has 0 saturated heterocycles. The van der Waals surface area contributed by atoms with E-state index >= 15 is 0 Å². The van der Waals surface area contributed by atoms with Gasteiger partial charge in [0.1, 0.15) is 17.1 Å². The van der Waals surface area contributed by atoms with Crippen molar-refractivity contribution in [2.24, 2.45) is 0 Å². The Labute approximate surface area is 151 Å². The van der Waals surface area contributed by atoms with Crippen LogP contribution in [0.4, 0.5) is 5.13 Å². The topological polar surface area (TPSA) is 86.5 Å². The number of amides is 1. The number of nitrogens with zero attached hydrogens (tertiary/aromatic N) is 1. The minimum atomic E-state index is -0.360. The Morgan fingerprint density at radius 2 is 2.32 bits per heavy atom. The van der Waals surface area contributed by atoms with E-state index in [0.717, 1.165) is 22.8 Å². The number of nitrogens with one attached hydrogen (secondary N) is 1. The van der Waals surface area contributed by atoms with Gasteiger partial charge in [0.15, 0.2) is 5.13 Å². The number of hydrogen-bond acceptors (Lipinski definition) is 6. The molecule has 2 aromatic rings. The van der Waals surface area contributed by atoms with Crippen LogP contribution in [0.2, 0.25) is 0 Å². The largest absolute Gasteiger partial charge is 0.497 e. The molecule has 0 aliphatic carbocycles. The summed E-state index contributed by atoms with van der Waals surface area (Å²) >= 11 is 1.39. The molecule has 6 nitrogen and oxygen atoms in total. The molecule has 1 aromatic carbocycles. The first-order chi connectivity index (χ1) is 11.9. The Balaban J connectivity index is 1.70. The number of ether oxygens (including phenoxy) is 2. The van der Waals surface area contributed by atoms with Gasteiger partial charge >= 0.3 is 0 Å². The Morgan fingerprint density at radius 3 is 3.00 bits per heavy atom. The number of carbonyl (C=O) groups is 1. The van der Waals surface area contributed by atoms with E-state index in [1.54, 1.807) is 7.11 Å². The minimum Gasteiger partial charge on any atom is -0.497 e. The molecular formula is C18H23N3O3S. The fraction of sp³-hybridized carbons (Fsp3) is 0.444. The van der Waals surface area contributed by atoms with Gasteiger partial charge in [-0.2, -0.15) is 0 Å². The van der Waals surface area contributed by atoms with Gasteiger partial charge < -0.3 is 20.5 Å². The lowest BCUT2D eigenvalue weighted by Gasteiger charge is -2.38. The molecule has 1 aliphatic rings. The van der Waals surface area contributed by atoms with E-state index in [2.05, 4.69) is 10.3 Å². The number of thiazole rings is 1. The van der Waals surface area contributed by atoms with Crippen molar-refractivity contribution in [2.45, 2.75) is 44.8 Å². The first-order valence-electron chi connectivity index (χ1n) is 8.22. The number of anilines is 1. The second-order valence-electron chi connectivity index (χ2n) is 6.77. The predicted molar refractivity (Wildman–Crippen MR) is 98.0 cm³/mol. The molecular weight excluding hydrogens is 338 g/mol. The third kappa shape index (κ3) is 4.22. The molecule has 2 heterocycles. The van der Waals surface area contributed by atoms with Gasteiger partial charge in [0.25, 0.3) is 0 Å². The van der Waals surface area contributed by atoms with E-state index in [9.17, 15) is 4.79 Å². The van der Waals surface area contributed by atoms with E-state index in [1.807, 2.05) is 37.4 Å². The second kappa shape index (κ2) is 6.92. The van der Waals surface area contributed by atoms with Crippen LogP contribution < -0.4 is 20.5 Å². The van der Waals surface area contributed by atoms with Crippen LogP contribution in [-0.4, -0.2) is 23.6 Å². The highest BCUT2D eigenvalue weighted by atomic mass is 32.1. The van der Waals surface area contributed by atoms with E-state index in [0.29, 0.717) is 24.4 Å². The lowest BCUT2D eigenvalue weighted by molar-refractivity contribution is -0.122. The van der Waals surface area contributed by atoms with Gasteiger partial charge in [-0.05, 0) is 32.4 Å². The molecule has 1 atom stereocenters. The highest BCUT2D eigenvalue weighted by molar-refractivity contribution is 7.13. The second-order valence-corrected chi connectivity index (χ2v) is 7.66.